The zero-order chi connectivity index (χ0) is 16.8. The number of guanidine groups is 1. The number of rotatable bonds is 6. The van der Waals surface area contributed by atoms with Crippen LogP contribution in [-0.4, -0.2) is 29.1 Å². The molecule has 5 nitrogen and oxygen atoms in total. The van der Waals surface area contributed by atoms with Gasteiger partial charge in [-0.1, -0.05) is 12.1 Å². The molecule has 0 unspecified atom stereocenters. The minimum Gasteiger partial charge on any atom is -0.356 e. The first-order valence-corrected chi connectivity index (χ1v) is 9.03. The number of nitrogens with zero attached hydrogens (tertiary/aromatic N) is 3. The van der Waals surface area contributed by atoms with Crippen molar-refractivity contribution in [1.29, 1.82) is 0 Å². The van der Waals surface area contributed by atoms with Crippen molar-refractivity contribution in [2.75, 3.05) is 13.6 Å². The van der Waals surface area contributed by atoms with E-state index in [1.165, 1.54) is 16.0 Å². The van der Waals surface area contributed by atoms with Gasteiger partial charge in [-0.3, -0.25) is 4.99 Å². The van der Waals surface area contributed by atoms with Gasteiger partial charge in [-0.15, -0.1) is 11.3 Å². The van der Waals surface area contributed by atoms with Crippen molar-refractivity contribution >= 4 is 28.3 Å². The van der Waals surface area contributed by atoms with Crippen LogP contribution in [0.5, 0.6) is 0 Å². The standard InChI is InChI=1S/C18H23N5S/c1-14-8-11-24-17(14)12-21-18(19-2)20-9-5-10-23-13-22-15-6-3-4-7-16(15)23/h3-4,6-8,11,13H,5,9-10,12H2,1-2H3,(H2,19,20,21). The average molecular weight is 341 g/mol. The summed E-state index contributed by atoms with van der Waals surface area (Å²) in [7, 11) is 1.81. The SMILES string of the molecule is CN=C(NCCCn1cnc2ccccc21)NCc1sccc1C. The van der Waals surface area contributed by atoms with Crippen LogP contribution in [0.1, 0.15) is 16.9 Å². The third-order valence-electron chi connectivity index (χ3n) is 4.00. The van der Waals surface area contributed by atoms with Crippen molar-refractivity contribution in [3.8, 4) is 0 Å². The number of para-hydroxylation sites is 2. The van der Waals surface area contributed by atoms with Gasteiger partial charge in [0.1, 0.15) is 0 Å². The molecule has 2 heterocycles. The second-order valence-electron chi connectivity index (χ2n) is 5.66. The van der Waals surface area contributed by atoms with Crippen molar-refractivity contribution in [2.24, 2.45) is 4.99 Å². The summed E-state index contributed by atoms with van der Waals surface area (Å²) in [6.45, 7) is 4.76. The Morgan fingerprint density at radius 2 is 2.12 bits per heavy atom. The van der Waals surface area contributed by atoms with Crippen molar-refractivity contribution in [3.05, 3.63) is 52.5 Å². The largest absolute Gasteiger partial charge is 0.356 e. The molecule has 1 aromatic carbocycles. The maximum absolute atomic E-state index is 4.42. The van der Waals surface area contributed by atoms with Crippen molar-refractivity contribution in [1.82, 2.24) is 20.2 Å². The molecule has 0 saturated heterocycles. The molecular formula is C18H23N5S. The van der Waals surface area contributed by atoms with E-state index in [0.29, 0.717) is 0 Å². The number of hydrogen-bond acceptors (Lipinski definition) is 3. The van der Waals surface area contributed by atoms with E-state index in [-0.39, 0.29) is 0 Å². The Kier molecular flexibility index (Phi) is 5.48. The number of fused-ring (bicyclic) bond motifs is 1. The topological polar surface area (TPSA) is 54.2 Å². The van der Waals surface area contributed by atoms with Gasteiger partial charge in [0.25, 0.3) is 0 Å². The number of hydrogen-bond donors (Lipinski definition) is 2. The molecule has 0 radical (unpaired) electrons. The highest BCUT2D eigenvalue weighted by Gasteiger charge is 2.03. The molecule has 0 saturated carbocycles. The number of aliphatic imine (C=N–C) groups is 1. The van der Waals surface area contributed by atoms with Gasteiger partial charge in [0.15, 0.2) is 5.96 Å². The third kappa shape index (κ3) is 3.94. The quantitative estimate of drug-likeness (QED) is 0.411. The van der Waals surface area contributed by atoms with Crippen LogP contribution in [0.15, 0.2) is 47.0 Å². The zero-order valence-corrected chi connectivity index (χ0v) is 14.9. The highest BCUT2D eigenvalue weighted by atomic mass is 32.1. The summed E-state index contributed by atoms with van der Waals surface area (Å²) in [6.07, 6.45) is 2.93. The smallest absolute Gasteiger partial charge is 0.191 e. The minimum absolute atomic E-state index is 0.815. The van der Waals surface area contributed by atoms with Crippen molar-refractivity contribution < 1.29 is 0 Å². The Morgan fingerprint density at radius 3 is 2.92 bits per heavy atom. The Morgan fingerprint density at radius 1 is 1.25 bits per heavy atom. The molecule has 0 amide bonds. The molecule has 0 spiro atoms. The lowest BCUT2D eigenvalue weighted by Gasteiger charge is -2.12. The van der Waals surface area contributed by atoms with E-state index in [0.717, 1.165) is 37.5 Å². The number of nitrogens with one attached hydrogen (secondary N) is 2. The van der Waals surface area contributed by atoms with Crippen LogP contribution in [0.4, 0.5) is 0 Å². The van der Waals surface area contributed by atoms with Crippen LogP contribution in [0.25, 0.3) is 11.0 Å². The zero-order valence-electron chi connectivity index (χ0n) is 14.1. The fourth-order valence-corrected chi connectivity index (χ4v) is 3.46. The first kappa shape index (κ1) is 16.5. The molecule has 0 aliphatic heterocycles. The Labute approximate surface area is 146 Å². The van der Waals surface area contributed by atoms with Gasteiger partial charge in [0.05, 0.1) is 23.9 Å². The normalized spacial score (nSPS) is 11.8. The summed E-state index contributed by atoms with van der Waals surface area (Å²) in [5.74, 6) is 0.846. The number of benzene rings is 1. The van der Waals surface area contributed by atoms with E-state index in [2.05, 4.69) is 55.7 Å². The van der Waals surface area contributed by atoms with E-state index in [9.17, 15) is 0 Å². The summed E-state index contributed by atoms with van der Waals surface area (Å²) in [6, 6.07) is 10.4. The van der Waals surface area contributed by atoms with Crippen molar-refractivity contribution in [3.63, 3.8) is 0 Å². The van der Waals surface area contributed by atoms with E-state index >= 15 is 0 Å². The number of imidazole rings is 1. The lowest BCUT2D eigenvalue weighted by atomic mass is 10.3. The minimum atomic E-state index is 0.815. The fourth-order valence-electron chi connectivity index (χ4n) is 2.61. The molecule has 126 valence electrons. The van der Waals surface area contributed by atoms with Gasteiger partial charge in [-0.2, -0.15) is 0 Å². The second-order valence-corrected chi connectivity index (χ2v) is 6.66. The lowest BCUT2D eigenvalue weighted by Crippen LogP contribution is -2.37. The lowest BCUT2D eigenvalue weighted by molar-refractivity contribution is 0.637. The highest BCUT2D eigenvalue weighted by molar-refractivity contribution is 7.10. The Bertz CT molecular complexity index is 818. The molecule has 2 N–H and O–H groups in total. The molecular weight excluding hydrogens is 318 g/mol. The fraction of sp³-hybridized carbons (Fsp3) is 0.333. The van der Waals surface area contributed by atoms with Gasteiger partial charge >= 0.3 is 0 Å². The van der Waals surface area contributed by atoms with E-state index < -0.39 is 0 Å². The summed E-state index contributed by atoms with van der Waals surface area (Å²) < 4.78 is 2.20. The number of aromatic nitrogens is 2. The van der Waals surface area contributed by atoms with E-state index in [1.54, 1.807) is 18.4 Å². The van der Waals surface area contributed by atoms with E-state index in [1.807, 2.05) is 18.5 Å². The molecule has 2 aromatic heterocycles. The summed E-state index contributed by atoms with van der Waals surface area (Å²) in [4.78, 5) is 10.1. The molecule has 6 heteroatoms. The molecule has 24 heavy (non-hydrogen) atoms. The van der Waals surface area contributed by atoms with Gasteiger partial charge in [0.2, 0.25) is 0 Å². The predicted molar refractivity (Wildman–Crippen MR) is 102 cm³/mol. The van der Waals surface area contributed by atoms with Gasteiger partial charge in [-0.25, -0.2) is 4.98 Å². The maximum atomic E-state index is 4.42. The molecule has 0 aliphatic carbocycles. The molecule has 0 bridgehead atoms. The monoisotopic (exact) mass is 341 g/mol. The predicted octanol–water partition coefficient (Wildman–Crippen LogP) is 3.16. The van der Waals surface area contributed by atoms with Crippen LogP contribution in [0, 0.1) is 6.92 Å². The maximum Gasteiger partial charge on any atom is 0.191 e. The van der Waals surface area contributed by atoms with Crippen LogP contribution in [0.3, 0.4) is 0 Å². The van der Waals surface area contributed by atoms with Gasteiger partial charge in [-0.05, 0) is 42.5 Å². The second kappa shape index (κ2) is 7.97. The van der Waals surface area contributed by atoms with Crippen LogP contribution < -0.4 is 10.6 Å². The Balaban J connectivity index is 1.44. The third-order valence-corrected chi connectivity index (χ3v) is 5.03. The van der Waals surface area contributed by atoms with Crippen molar-refractivity contribution in [2.45, 2.75) is 26.4 Å². The first-order valence-electron chi connectivity index (χ1n) is 8.15. The molecule has 0 aliphatic rings. The summed E-state index contributed by atoms with van der Waals surface area (Å²) >= 11 is 1.77. The Hall–Kier alpha value is -2.34. The number of thiophene rings is 1. The van der Waals surface area contributed by atoms with Gasteiger partial charge in [0, 0.05) is 25.0 Å². The molecule has 3 rings (SSSR count). The average Bonchev–Trinajstić information content (AvgIpc) is 3.21. The summed E-state index contributed by atoms with van der Waals surface area (Å²) in [5, 5.41) is 8.86. The molecule has 3 aromatic rings. The molecule has 0 atom stereocenters. The van der Waals surface area contributed by atoms with E-state index in [4.69, 9.17) is 0 Å². The van der Waals surface area contributed by atoms with Crippen LogP contribution >= 0.6 is 11.3 Å². The molecule has 0 fully saturated rings. The first-order chi connectivity index (χ1) is 11.8. The van der Waals surface area contributed by atoms with Gasteiger partial charge < -0.3 is 15.2 Å². The number of aryl methyl sites for hydroxylation is 2. The highest BCUT2D eigenvalue weighted by Crippen LogP contribution is 2.14. The van der Waals surface area contributed by atoms with Crippen LogP contribution in [0.2, 0.25) is 0 Å². The van der Waals surface area contributed by atoms with Crippen LogP contribution in [-0.2, 0) is 13.1 Å². The summed E-state index contributed by atoms with van der Waals surface area (Å²) in [5.41, 5.74) is 3.57.